The Kier molecular flexibility index (Phi) is 5.18. The van der Waals surface area contributed by atoms with Gasteiger partial charge in [-0.25, -0.2) is 0 Å². The van der Waals surface area contributed by atoms with Crippen molar-refractivity contribution in [3.8, 4) is 0 Å². The van der Waals surface area contributed by atoms with Crippen LogP contribution in [0.4, 0.5) is 0 Å². The first-order valence-corrected chi connectivity index (χ1v) is 5.70. The topological polar surface area (TPSA) is 0 Å². The Hall–Kier alpha value is -0.520. The van der Waals surface area contributed by atoms with E-state index in [1.165, 1.54) is 23.1 Å². The predicted octanol–water partition coefficient (Wildman–Crippen LogP) is 5.12. The minimum Gasteiger partial charge on any atom is -0.0733 e. The minimum absolute atomic E-state index is 0.342. The van der Waals surface area contributed by atoms with Gasteiger partial charge in [-0.1, -0.05) is 50.5 Å². The molecule has 14 heavy (non-hydrogen) atoms. The number of rotatable bonds is 4. The van der Waals surface area contributed by atoms with Crippen molar-refractivity contribution in [2.75, 3.05) is 0 Å². The Morgan fingerprint density at radius 1 is 1.07 bits per heavy atom. The summed E-state index contributed by atoms with van der Waals surface area (Å²) >= 11 is 0. The third-order valence-electron chi connectivity index (χ3n) is 3.51. The van der Waals surface area contributed by atoms with E-state index in [4.69, 9.17) is 0 Å². The molecule has 0 bridgehead atoms. The monoisotopic (exact) mass is 194 g/mol. The Balaban J connectivity index is 4.94. The molecular weight excluding hydrogens is 168 g/mol. The number of allylic oxidation sites excluding steroid dienone is 4. The van der Waals surface area contributed by atoms with E-state index in [0.717, 1.165) is 6.42 Å². The Morgan fingerprint density at radius 2 is 1.57 bits per heavy atom. The molecule has 0 fully saturated rings. The number of hydrogen-bond acceptors (Lipinski definition) is 0. The van der Waals surface area contributed by atoms with E-state index < -0.39 is 0 Å². The molecule has 0 aromatic carbocycles. The molecule has 0 aliphatic carbocycles. The summed E-state index contributed by atoms with van der Waals surface area (Å²) in [4.78, 5) is 0. The standard InChI is InChI=1S/C14H26/c1-8-11(3)10-12(4)13(5)14(6,7)9-2/h10H,8-9H2,1-7H3/b11-10-,13-12+. The summed E-state index contributed by atoms with van der Waals surface area (Å²) in [6, 6.07) is 0. The van der Waals surface area contributed by atoms with Gasteiger partial charge in [0.25, 0.3) is 0 Å². The minimum atomic E-state index is 0.342. The van der Waals surface area contributed by atoms with Crippen molar-refractivity contribution >= 4 is 0 Å². The van der Waals surface area contributed by atoms with Crippen LogP contribution in [0.5, 0.6) is 0 Å². The molecule has 0 heterocycles. The van der Waals surface area contributed by atoms with E-state index in [-0.39, 0.29) is 0 Å². The van der Waals surface area contributed by atoms with E-state index in [1.807, 2.05) is 0 Å². The molecule has 0 aliphatic heterocycles. The van der Waals surface area contributed by atoms with Crippen LogP contribution in [0.25, 0.3) is 0 Å². The van der Waals surface area contributed by atoms with Gasteiger partial charge in [-0.2, -0.15) is 0 Å². The Labute approximate surface area is 90.1 Å². The van der Waals surface area contributed by atoms with Crippen LogP contribution >= 0.6 is 0 Å². The quantitative estimate of drug-likeness (QED) is 0.545. The predicted molar refractivity (Wildman–Crippen MR) is 66.5 cm³/mol. The molecule has 0 spiro atoms. The van der Waals surface area contributed by atoms with Crippen molar-refractivity contribution in [3.63, 3.8) is 0 Å². The van der Waals surface area contributed by atoms with Crippen LogP contribution in [0, 0.1) is 5.41 Å². The maximum atomic E-state index is 2.33. The van der Waals surface area contributed by atoms with Gasteiger partial charge in [0.15, 0.2) is 0 Å². The van der Waals surface area contributed by atoms with Crippen molar-refractivity contribution in [3.05, 3.63) is 22.8 Å². The second kappa shape index (κ2) is 5.38. The largest absolute Gasteiger partial charge is 0.0733 e. The summed E-state index contributed by atoms with van der Waals surface area (Å²) < 4.78 is 0. The first-order valence-electron chi connectivity index (χ1n) is 5.70. The van der Waals surface area contributed by atoms with Crippen LogP contribution in [0.3, 0.4) is 0 Å². The molecule has 0 radical (unpaired) electrons. The summed E-state index contributed by atoms with van der Waals surface area (Å²) in [6.07, 6.45) is 4.68. The van der Waals surface area contributed by atoms with E-state index in [9.17, 15) is 0 Å². The van der Waals surface area contributed by atoms with Crippen molar-refractivity contribution in [2.45, 2.75) is 61.3 Å². The zero-order valence-electron chi connectivity index (χ0n) is 11.0. The zero-order valence-corrected chi connectivity index (χ0v) is 11.0. The van der Waals surface area contributed by atoms with Crippen molar-refractivity contribution in [1.82, 2.24) is 0 Å². The molecule has 0 aliphatic rings. The fourth-order valence-electron chi connectivity index (χ4n) is 1.38. The lowest BCUT2D eigenvalue weighted by molar-refractivity contribution is 0.426. The third-order valence-corrected chi connectivity index (χ3v) is 3.51. The molecule has 0 unspecified atom stereocenters. The molecule has 0 amide bonds. The zero-order chi connectivity index (χ0) is 11.4. The molecule has 0 aromatic heterocycles. The highest BCUT2D eigenvalue weighted by molar-refractivity contribution is 5.28. The van der Waals surface area contributed by atoms with Crippen LogP contribution in [-0.4, -0.2) is 0 Å². The molecular formula is C14H26. The van der Waals surface area contributed by atoms with E-state index in [2.05, 4.69) is 54.5 Å². The fourth-order valence-corrected chi connectivity index (χ4v) is 1.38. The average Bonchev–Trinajstić information content (AvgIpc) is 2.16. The molecule has 0 saturated carbocycles. The van der Waals surface area contributed by atoms with Gasteiger partial charge in [-0.15, -0.1) is 0 Å². The van der Waals surface area contributed by atoms with Crippen LogP contribution < -0.4 is 0 Å². The maximum Gasteiger partial charge on any atom is -0.0144 e. The van der Waals surface area contributed by atoms with Gasteiger partial charge in [0.05, 0.1) is 0 Å². The van der Waals surface area contributed by atoms with Gasteiger partial charge in [0.1, 0.15) is 0 Å². The third kappa shape index (κ3) is 3.69. The lowest BCUT2D eigenvalue weighted by atomic mass is 9.80. The van der Waals surface area contributed by atoms with Crippen LogP contribution in [0.1, 0.15) is 61.3 Å². The summed E-state index contributed by atoms with van der Waals surface area (Å²) in [5.41, 5.74) is 4.77. The summed E-state index contributed by atoms with van der Waals surface area (Å²) in [6.45, 7) is 15.8. The highest BCUT2D eigenvalue weighted by Crippen LogP contribution is 2.32. The summed E-state index contributed by atoms with van der Waals surface area (Å²) in [7, 11) is 0. The van der Waals surface area contributed by atoms with Gasteiger partial charge in [-0.05, 0) is 39.0 Å². The maximum absolute atomic E-state index is 2.33. The van der Waals surface area contributed by atoms with Crippen LogP contribution in [0.2, 0.25) is 0 Å². The molecule has 0 heteroatoms. The first-order chi connectivity index (χ1) is 6.35. The molecule has 0 rings (SSSR count). The van der Waals surface area contributed by atoms with Crippen molar-refractivity contribution in [2.24, 2.45) is 5.41 Å². The molecule has 0 aromatic rings. The SMILES string of the molecule is CC/C(C)=C\C(C)=C(/C)C(C)(C)CC. The Morgan fingerprint density at radius 3 is 1.93 bits per heavy atom. The van der Waals surface area contributed by atoms with E-state index in [1.54, 1.807) is 0 Å². The van der Waals surface area contributed by atoms with Gasteiger partial charge in [0, 0.05) is 0 Å². The van der Waals surface area contributed by atoms with Gasteiger partial charge in [0.2, 0.25) is 0 Å². The average molecular weight is 194 g/mol. The lowest BCUT2D eigenvalue weighted by Crippen LogP contribution is -2.12. The van der Waals surface area contributed by atoms with E-state index in [0.29, 0.717) is 5.41 Å². The first kappa shape index (κ1) is 13.5. The highest BCUT2D eigenvalue weighted by atomic mass is 14.2. The van der Waals surface area contributed by atoms with Crippen LogP contribution in [-0.2, 0) is 0 Å². The molecule has 82 valence electrons. The molecule has 0 saturated heterocycles. The van der Waals surface area contributed by atoms with E-state index >= 15 is 0 Å². The molecule has 0 N–H and O–H groups in total. The van der Waals surface area contributed by atoms with Gasteiger partial charge >= 0.3 is 0 Å². The fraction of sp³-hybridized carbons (Fsp3) is 0.714. The van der Waals surface area contributed by atoms with Crippen molar-refractivity contribution < 1.29 is 0 Å². The van der Waals surface area contributed by atoms with Gasteiger partial charge in [-0.3, -0.25) is 0 Å². The molecule has 0 atom stereocenters. The Bertz CT molecular complexity index is 239. The summed E-state index contributed by atoms with van der Waals surface area (Å²) in [5, 5.41) is 0. The van der Waals surface area contributed by atoms with Gasteiger partial charge < -0.3 is 0 Å². The highest BCUT2D eigenvalue weighted by Gasteiger charge is 2.18. The normalized spacial score (nSPS) is 15.5. The number of hydrogen-bond donors (Lipinski definition) is 0. The smallest absolute Gasteiger partial charge is 0.0144 e. The lowest BCUT2D eigenvalue weighted by Gasteiger charge is -2.25. The van der Waals surface area contributed by atoms with Crippen LogP contribution in [0.15, 0.2) is 22.8 Å². The molecule has 0 nitrogen and oxygen atoms in total. The van der Waals surface area contributed by atoms with Crippen molar-refractivity contribution in [1.29, 1.82) is 0 Å². The summed E-state index contributed by atoms with van der Waals surface area (Å²) in [5.74, 6) is 0. The second-order valence-electron chi connectivity index (χ2n) is 4.89. The second-order valence-corrected chi connectivity index (χ2v) is 4.89.